The summed E-state index contributed by atoms with van der Waals surface area (Å²) >= 11 is 0. The van der Waals surface area contributed by atoms with E-state index < -0.39 is 11.9 Å². The topological polar surface area (TPSA) is 94.9 Å². The Labute approximate surface area is 122 Å². The van der Waals surface area contributed by atoms with Gasteiger partial charge in [0.1, 0.15) is 0 Å². The molecule has 2 N–H and O–H groups in total. The Morgan fingerprint density at radius 2 is 1.67 bits per heavy atom. The van der Waals surface area contributed by atoms with E-state index in [-0.39, 0.29) is 0 Å². The fraction of sp³-hybridized carbons (Fsp3) is 0.267. The second kappa shape index (κ2) is 8.52. The molecule has 0 atom stereocenters. The number of carbonyl (C=O) groups excluding carboxylic acids is 1. The van der Waals surface area contributed by atoms with Crippen molar-refractivity contribution >= 4 is 17.8 Å². The molecule has 1 fully saturated rings. The molecule has 0 aromatic heterocycles. The molecule has 21 heavy (non-hydrogen) atoms. The second-order valence-corrected chi connectivity index (χ2v) is 4.41. The number of nitrogens with zero attached hydrogens (tertiary/aromatic N) is 1. The lowest BCUT2D eigenvalue weighted by molar-refractivity contribution is -0.134. The first kappa shape index (κ1) is 16.4. The molecule has 0 radical (unpaired) electrons. The van der Waals surface area contributed by atoms with Gasteiger partial charge in [-0.1, -0.05) is 30.3 Å². The van der Waals surface area contributed by atoms with Crippen molar-refractivity contribution in [1.29, 1.82) is 0 Å². The lowest BCUT2D eigenvalue weighted by Gasteiger charge is -2.14. The van der Waals surface area contributed by atoms with Crippen LogP contribution >= 0.6 is 0 Å². The zero-order chi connectivity index (χ0) is 15.7. The van der Waals surface area contributed by atoms with Crippen LogP contribution in [0, 0.1) is 0 Å². The lowest BCUT2D eigenvalue weighted by atomic mass is 10.2. The van der Waals surface area contributed by atoms with Crippen LogP contribution in [0.5, 0.6) is 0 Å². The number of hydrogen-bond donors (Lipinski definition) is 2. The summed E-state index contributed by atoms with van der Waals surface area (Å²) in [6.07, 6.45) is 2.86. The molecule has 1 aromatic rings. The summed E-state index contributed by atoms with van der Waals surface area (Å²) in [4.78, 5) is 32.3. The van der Waals surface area contributed by atoms with Crippen LogP contribution < -0.4 is 0 Å². The first-order chi connectivity index (χ1) is 9.99. The highest BCUT2D eigenvalue weighted by atomic mass is 16.4. The average molecular weight is 291 g/mol. The summed E-state index contributed by atoms with van der Waals surface area (Å²) in [6.45, 7) is 1.70. The van der Waals surface area contributed by atoms with Crippen molar-refractivity contribution < 1.29 is 24.6 Å². The Morgan fingerprint density at radius 1 is 1.10 bits per heavy atom. The highest BCUT2D eigenvalue weighted by Crippen LogP contribution is 2.13. The molecule has 2 rings (SSSR count). The summed E-state index contributed by atoms with van der Waals surface area (Å²) in [5.74, 6) is -2.22. The van der Waals surface area contributed by atoms with Gasteiger partial charge in [0.15, 0.2) is 0 Å². The van der Waals surface area contributed by atoms with E-state index >= 15 is 0 Å². The van der Waals surface area contributed by atoms with Gasteiger partial charge in [0.25, 0.3) is 0 Å². The van der Waals surface area contributed by atoms with Crippen LogP contribution in [0.4, 0.5) is 0 Å². The summed E-state index contributed by atoms with van der Waals surface area (Å²) in [7, 11) is 0. The van der Waals surface area contributed by atoms with Crippen LogP contribution in [0.15, 0.2) is 42.5 Å². The molecule has 1 aliphatic heterocycles. The van der Waals surface area contributed by atoms with Crippen LogP contribution in [0.2, 0.25) is 0 Å². The first-order valence-electron chi connectivity index (χ1n) is 6.44. The second-order valence-electron chi connectivity index (χ2n) is 4.41. The molecule has 1 heterocycles. The number of amides is 1. The van der Waals surface area contributed by atoms with Gasteiger partial charge >= 0.3 is 11.9 Å². The van der Waals surface area contributed by atoms with E-state index in [0.717, 1.165) is 25.9 Å². The molecular formula is C15H17NO5. The van der Waals surface area contributed by atoms with Crippen molar-refractivity contribution in [3.8, 4) is 0 Å². The zero-order valence-electron chi connectivity index (χ0n) is 11.4. The van der Waals surface area contributed by atoms with Gasteiger partial charge in [-0.15, -0.1) is 0 Å². The lowest BCUT2D eigenvalue weighted by Crippen LogP contribution is -2.23. The Hall–Kier alpha value is -2.63. The van der Waals surface area contributed by atoms with Crippen LogP contribution in [-0.2, 0) is 20.9 Å². The van der Waals surface area contributed by atoms with E-state index in [1.807, 2.05) is 23.1 Å². The quantitative estimate of drug-likeness (QED) is 0.820. The fourth-order valence-corrected chi connectivity index (χ4v) is 1.82. The van der Waals surface area contributed by atoms with Gasteiger partial charge in [-0.2, -0.15) is 0 Å². The maximum atomic E-state index is 11.3. The molecule has 0 aliphatic carbocycles. The SMILES string of the molecule is O=C(O)/C=C/C(=O)O.O=C1CCCN1Cc1ccccc1. The number of rotatable bonds is 4. The average Bonchev–Trinajstić information content (AvgIpc) is 2.84. The van der Waals surface area contributed by atoms with Crippen molar-refractivity contribution in [2.45, 2.75) is 19.4 Å². The summed E-state index contributed by atoms with van der Waals surface area (Å²) in [5.41, 5.74) is 1.22. The molecule has 0 bridgehead atoms. The van der Waals surface area contributed by atoms with Crippen LogP contribution in [0.3, 0.4) is 0 Å². The molecule has 1 aromatic carbocycles. The normalized spacial score (nSPS) is 13.9. The van der Waals surface area contributed by atoms with E-state index in [9.17, 15) is 14.4 Å². The fourth-order valence-electron chi connectivity index (χ4n) is 1.82. The third-order valence-electron chi connectivity index (χ3n) is 2.76. The molecule has 0 unspecified atom stereocenters. The summed E-state index contributed by atoms with van der Waals surface area (Å²) in [6, 6.07) is 10.1. The third-order valence-corrected chi connectivity index (χ3v) is 2.76. The molecule has 0 saturated carbocycles. The minimum absolute atomic E-state index is 0.295. The number of likely N-dealkylation sites (tertiary alicyclic amines) is 1. The standard InChI is InChI=1S/C11H13NO.C4H4O4/c13-11-7-4-8-12(11)9-10-5-2-1-3-6-10;5-3(6)1-2-4(7)8/h1-3,5-6H,4,7-9H2;1-2H,(H,5,6)(H,7,8)/b;2-1+. The molecular weight excluding hydrogens is 274 g/mol. The number of aliphatic carboxylic acids is 2. The molecule has 1 saturated heterocycles. The zero-order valence-corrected chi connectivity index (χ0v) is 11.4. The highest BCUT2D eigenvalue weighted by Gasteiger charge is 2.19. The van der Waals surface area contributed by atoms with Crippen molar-refractivity contribution in [2.75, 3.05) is 6.54 Å². The van der Waals surface area contributed by atoms with E-state index in [4.69, 9.17) is 10.2 Å². The molecule has 1 amide bonds. The molecule has 6 heteroatoms. The van der Waals surface area contributed by atoms with E-state index in [2.05, 4.69) is 12.1 Å². The number of carbonyl (C=O) groups is 3. The Morgan fingerprint density at radius 3 is 2.10 bits per heavy atom. The van der Waals surface area contributed by atoms with Gasteiger partial charge < -0.3 is 15.1 Å². The number of benzene rings is 1. The Kier molecular flexibility index (Phi) is 6.67. The minimum Gasteiger partial charge on any atom is -0.478 e. The highest BCUT2D eigenvalue weighted by molar-refractivity contribution is 5.89. The Bertz CT molecular complexity index is 508. The molecule has 1 aliphatic rings. The van der Waals surface area contributed by atoms with Crippen molar-refractivity contribution in [2.24, 2.45) is 0 Å². The smallest absolute Gasteiger partial charge is 0.328 e. The van der Waals surface area contributed by atoms with E-state index in [0.29, 0.717) is 18.1 Å². The summed E-state index contributed by atoms with van der Waals surface area (Å²) < 4.78 is 0. The molecule has 6 nitrogen and oxygen atoms in total. The third kappa shape index (κ3) is 6.91. The maximum Gasteiger partial charge on any atom is 0.328 e. The van der Waals surface area contributed by atoms with Crippen LogP contribution in [0.1, 0.15) is 18.4 Å². The van der Waals surface area contributed by atoms with Gasteiger partial charge in [-0.25, -0.2) is 9.59 Å². The van der Waals surface area contributed by atoms with E-state index in [1.54, 1.807) is 0 Å². The molecule has 0 spiro atoms. The number of carboxylic acids is 2. The van der Waals surface area contributed by atoms with E-state index in [1.165, 1.54) is 5.56 Å². The van der Waals surface area contributed by atoms with Gasteiger partial charge in [0.05, 0.1) is 0 Å². The van der Waals surface area contributed by atoms with Gasteiger partial charge in [-0.05, 0) is 12.0 Å². The largest absolute Gasteiger partial charge is 0.478 e. The monoisotopic (exact) mass is 291 g/mol. The van der Waals surface area contributed by atoms with Crippen molar-refractivity contribution in [3.63, 3.8) is 0 Å². The van der Waals surface area contributed by atoms with Crippen LogP contribution in [-0.4, -0.2) is 39.5 Å². The van der Waals surface area contributed by atoms with Crippen molar-refractivity contribution in [3.05, 3.63) is 48.0 Å². The minimum atomic E-state index is -1.26. The Balaban J connectivity index is 0.000000240. The van der Waals surface area contributed by atoms with Gasteiger partial charge in [0.2, 0.25) is 5.91 Å². The predicted octanol–water partition coefficient (Wildman–Crippen LogP) is 1.52. The van der Waals surface area contributed by atoms with Gasteiger partial charge in [-0.3, -0.25) is 4.79 Å². The van der Waals surface area contributed by atoms with Gasteiger partial charge in [0, 0.05) is 31.7 Å². The number of carboxylic acid groups (broad SMARTS) is 2. The summed E-state index contributed by atoms with van der Waals surface area (Å²) in [5, 5.41) is 15.6. The first-order valence-corrected chi connectivity index (χ1v) is 6.44. The van der Waals surface area contributed by atoms with Crippen molar-refractivity contribution in [1.82, 2.24) is 4.90 Å². The maximum absolute atomic E-state index is 11.3. The molecule has 112 valence electrons. The van der Waals surface area contributed by atoms with Crippen LogP contribution in [0.25, 0.3) is 0 Å². The predicted molar refractivity (Wildman–Crippen MR) is 75.5 cm³/mol. The number of hydrogen-bond acceptors (Lipinski definition) is 3.